The normalized spacial score (nSPS) is 17.2. The van der Waals surface area contributed by atoms with Crippen molar-refractivity contribution in [1.82, 2.24) is 0 Å². The van der Waals surface area contributed by atoms with E-state index in [-0.39, 0.29) is 0 Å². The summed E-state index contributed by atoms with van der Waals surface area (Å²) in [6.45, 7) is 7.08. The Morgan fingerprint density at radius 1 is 1.24 bits per heavy atom. The minimum Gasteiger partial charge on any atom is -0.493 e. The van der Waals surface area contributed by atoms with Crippen molar-refractivity contribution in [2.45, 2.75) is 39.0 Å². The average Bonchev–Trinajstić information content (AvgIpc) is 2.39. The lowest BCUT2D eigenvalue weighted by Gasteiger charge is -2.23. The molecule has 1 nitrogen and oxygen atoms in total. The summed E-state index contributed by atoms with van der Waals surface area (Å²) in [5, 5.41) is 0. The smallest absolute Gasteiger partial charge is 0.119 e. The zero-order chi connectivity index (χ0) is 12.1. The maximum absolute atomic E-state index is 5.85. The Balaban J connectivity index is 1.77. The molecule has 0 spiro atoms. The second-order valence-electron chi connectivity index (χ2n) is 5.00. The van der Waals surface area contributed by atoms with E-state index in [1.54, 1.807) is 0 Å². The van der Waals surface area contributed by atoms with Gasteiger partial charge in [-0.05, 0) is 37.0 Å². The fourth-order valence-corrected chi connectivity index (χ4v) is 2.29. The molecule has 0 N–H and O–H groups in total. The summed E-state index contributed by atoms with van der Waals surface area (Å²) in [5.74, 6) is 3.13. The molecular weight excluding hydrogens is 208 g/mol. The molecule has 1 saturated carbocycles. The van der Waals surface area contributed by atoms with Crippen LogP contribution in [0, 0.1) is 18.8 Å². The number of ether oxygens (including phenoxy) is 1. The second-order valence-corrected chi connectivity index (χ2v) is 5.00. The summed E-state index contributed by atoms with van der Waals surface area (Å²) in [4.78, 5) is 0. The molecule has 92 valence electrons. The van der Waals surface area contributed by atoms with Crippen molar-refractivity contribution >= 4 is 0 Å². The molecule has 2 rings (SSSR count). The van der Waals surface area contributed by atoms with Gasteiger partial charge in [0.2, 0.25) is 0 Å². The van der Waals surface area contributed by atoms with E-state index in [2.05, 4.69) is 38.1 Å². The van der Waals surface area contributed by atoms with E-state index in [0.29, 0.717) is 5.92 Å². The van der Waals surface area contributed by atoms with E-state index in [9.17, 15) is 0 Å². The van der Waals surface area contributed by atoms with Gasteiger partial charge >= 0.3 is 0 Å². The molecule has 1 fully saturated rings. The highest BCUT2D eigenvalue weighted by Gasteiger charge is 2.21. The zero-order valence-electron chi connectivity index (χ0n) is 10.7. The quantitative estimate of drug-likeness (QED) is 0.703. The second kappa shape index (κ2) is 6.00. The van der Waals surface area contributed by atoms with Crippen LogP contribution in [0.25, 0.3) is 0 Å². The summed E-state index contributed by atoms with van der Waals surface area (Å²) in [6.07, 6.45) is 5.94. The Bertz CT molecular complexity index is 320. The Labute approximate surface area is 105 Å². The molecule has 0 atom stereocenters. The van der Waals surface area contributed by atoms with Crippen molar-refractivity contribution in [3.05, 3.63) is 42.7 Å². The van der Waals surface area contributed by atoms with Crippen molar-refractivity contribution in [3.8, 4) is 5.75 Å². The molecule has 0 saturated heterocycles. The third-order valence-corrected chi connectivity index (χ3v) is 3.63. The van der Waals surface area contributed by atoms with Crippen LogP contribution in [-0.2, 0) is 6.42 Å². The Hall–Kier alpha value is -1.11. The van der Waals surface area contributed by atoms with Crippen LogP contribution in [0.3, 0.4) is 0 Å². The first-order chi connectivity index (χ1) is 8.28. The number of hydrogen-bond acceptors (Lipinski definition) is 1. The van der Waals surface area contributed by atoms with Gasteiger partial charge in [-0.25, -0.2) is 0 Å². The minimum absolute atomic E-state index is 0.714. The number of rotatable bonds is 4. The summed E-state index contributed by atoms with van der Waals surface area (Å²) in [6, 6.07) is 8.47. The molecule has 0 radical (unpaired) electrons. The largest absolute Gasteiger partial charge is 0.493 e. The highest BCUT2D eigenvalue weighted by atomic mass is 16.5. The third-order valence-electron chi connectivity index (χ3n) is 3.63. The maximum atomic E-state index is 5.85. The van der Waals surface area contributed by atoms with Crippen LogP contribution in [0.1, 0.15) is 38.2 Å². The number of hydrogen-bond donors (Lipinski definition) is 0. The molecule has 1 heteroatoms. The van der Waals surface area contributed by atoms with Crippen molar-refractivity contribution in [1.29, 1.82) is 0 Å². The molecule has 0 unspecified atom stereocenters. The summed E-state index contributed by atoms with van der Waals surface area (Å²) >= 11 is 0. The fraction of sp³-hybridized carbons (Fsp3) is 0.500. The lowest BCUT2D eigenvalue weighted by molar-refractivity contribution is 0.217. The van der Waals surface area contributed by atoms with Gasteiger partial charge in [-0.15, -0.1) is 6.92 Å². The average molecular weight is 230 g/mol. The Kier molecular flexibility index (Phi) is 4.36. The summed E-state index contributed by atoms with van der Waals surface area (Å²) in [7, 11) is 0. The minimum atomic E-state index is 0.714. The van der Waals surface area contributed by atoms with E-state index >= 15 is 0 Å². The topological polar surface area (TPSA) is 9.23 Å². The van der Waals surface area contributed by atoms with Crippen LogP contribution < -0.4 is 4.74 Å². The van der Waals surface area contributed by atoms with Crippen molar-refractivity contribution in [3.63, 3.8) is 0 Å². The van der Waals surface area contributed by atoms with Crippen LogP contribution in [0.2, 0.25) is 0 Å². The van der Waals surface area contributed by atoms with Crippen LogP contribution in [0.15, 0.2) is 24.3 Å². The summed E-state index contributed by atoms with van der Waals surface area (Å²) < 4.78 is 5.85. The van der Waals surface area contributed by atoms with Crippen LogP contribution in [-0.4, -0.2) is 6.61 Å². The zero-order valence-corrected chi connectivity index (χ0v) is 10.7. The maximum Gasteiger partial charge on any atom is 0.119 e. The molecular formula is C16H22O. The van der Waals surface area contributed by atoms with E-state index < -0.39 is 0 Å². The van der Waals surface area contributed by atoms with Gasteiger partial charge in [0.15, 0.2) is 0 Å². The van der Waals surface area contributed by atoms with Gasteiger partial charge in [0, 0.05) is 5.92 Å². The van der Waals surface area contributed by atoms with Gasteiger partial charge in [-0.1, -0.05) is 25.0 Å². The molecule has 0 bridgehead atoms. The Morgan fingerprint density at radius 3 is 2.47 bits per heavy atom. The van der Waals surface area contributed by atoms with E-state index in [1.165, 1.54) is 37.2 Å². The fourth-order valence-electron chi connectivity index (χ4n) is 2.29. The van der Waals surface area contributed by atoms with Crippen LogP contribution in [0.5, 0.6) is 5.75 Å². The first kappa shape index (κ1) is 12.3. The molecule has 17 heavy (non-hydrogen) atoms. The lowest BCUT2D eigenvalue weighted by atomic mass is 9.83. The van der Waals surface area contributed by atoms with Crippen molar-refractivity contribution in [2.75, 3.05) is 6.61 Å². The number of aryl methyl sites for hydroxylation is 1. The van der Waals surface area contributed by atoms with Crippen LogP contribution >= 0.6 is 0 Å². The molecule has 0 heterocycles. The number of benzene rings is 1. The Morgan fingerprint density at radius 2 is 1.88 bits per heavy atom. The van der Waals surface area contributed by atoms with Gasteiger partial charge in [-0.2, -0.15) is 0 Å². The highest BCUT2D eigenvalue weighted by Crippen LogP contribution is 2.29. The molecule has 0 aromatic heterocycles. The van der Waals surface area contributed by atoms with E-state index in [4.69, 9.17) is 4.74 Å². The van der Waals surface area contributed by atoms with Gasteiger partial charge in [0.05, 0.1) is 19.4 Å². The first-order valence-corrected chi connectivity index (χ1v) is 6.66. The predicted octanol–water partition coefficient (Wildman–Crippen LogP) is 4.23. The van der Waals surface area contributed by atoms with Gasteiger partial charge in [-0.3, -0.25) is 0 Å². The molecule has 1 aromatic rings. The third kappa shape index (κ3) is 3.69. The van der Waals surface area contributed by atoms with Crippen molar-refractivity contribution < 1.29 is 4.74 Å². The predicted molar refractivity (Wildman–Crippen MR) is 71.9 cm³/mol. The first-order valence-electron chi connectivity index (χ1n) is 6.66. The SMILES string of the molecule is [CH2-][C+]1CCC(COc2ccc(CC)cc2)CC1. The van der Waals surface area contributed by atoms with Gasteiger partial charge in [0.25, 0.3) is 0 Å². The molecule has 0 aliphatic heterocycles. The lowest BCUT2D eigenvalue weighted by Crippen LogP contribution is -2.18. The highest BCUT2D eigenvalue weighted by molar-refractivity contribution is 5.27. The van der Waals surface area contributed by atoms with Crippen molar-refractivity contribution in [2.24, 2.45) is 5.92 Å². The molecule has 1 aliphatic carbocycles. The van der Waals surface area contributed by atoms with E-state index in [1.807, 2.05) is 0 Å². The molecule has 0 amide bonds. The molecule has 1 aromatic carbocycles. The monoisotopic (exact) mass is 230 g/mol. The van der Waals surface area contributed by atoms with E-state index in [0.717, 1.165) is 18.8 Å². The van der Waals surface area contributed by atoms with Gasteiger partial charge < -0.3 is 4.74 Å². The standard InChI is InChI=1S/C16H22O/c1-3-14-8-10-16(11-9-14)17-12-15-6-4-13(2)5-7-15/h8-11,15H,2-7,12H2,1H3. The summed E-state index contributed by atoms with van der Waals surface area (Å²) in [5.41, 5.74) is 1.37. The van der Waals surface area contributed by atoms with Crippen LogP contribution in [0.4, 0.5) is 0 Å². The van der Waals surface area contributed by atoms with Gasteiger partial charge in [0.1, 0.15) is 5.75 Å². The molecule has 1 aliphatic rings.